The van der Waals surface area contributed by atoms with Gasteiger partial charge in [-0.3, -0.25) is 10.1 Å². The Bertz CT molecular complexity index is 844. The van der Waals surface area contributed by atoms with Crippen molar-refractivity contribution in [3.8, 4) is 16.9 Å². The summed E-state index contributed by atoms with van der Waals surface area (Å²) in [5.74, 6) is 0.721. The molecule has 23 heavy (non-hydrogen) atoms. The first-order chi connectivity index (χ1) is 11.2. The molecule has 0 saturated heterocycles. The standard InChI is InChI=1S/C16H16N4O3/c1-22-10-15(21)18-16-17-14-8-7-11(9-20(14)19-16)12-5-3-4-6-13(12)23-2/h3-9H,10H2,1-2H3,(H,18,19,21). The zero-order valence-electron chi connectivity index (χ0n) is 12.8. The highest BCUT2D eigenvalue weighted by Gasteiger charge is 2.10. The number of amides is 1. The molecular weight excluding hydrogens is 296 g/mol. The second kappa shape index (κ2) is 6.45. The van der Waals surface area contributed by atoms with Gasteiger partial charge in [-0.2, -0.15) is 4.98 Å². The van der Waals surface area contributed by atoms with Crippen molar-refractivity contribution in [2.45, 2.75) is 0 Å². The van der Waals surface area contributed by atoms with Crippen molar-refractivity contribution in [1.82, 2.24) is 14.6 Å². The second-order valence-electron chi connectivity index (χ2n) is 4.84. The molecule has 0 radical (unpaired) electrons. The summed E-state index contributed by atoms with van der Waals surface area (Å²) in [4.78, 5) is 15.8. The molecule has 0 aliphatic rings. The van der Waals surface area contributed by atoms with E-state index in [1.807, 2.05) is 42.6 Å². The highest BCUT2D eigenvalue weighted by molar-refractivity contribution is 5.90. The zero-order valence-corrected chi connectivity index (χ0v) is 12.8. The lowest BCUT2D eigenvalue weighted by Crippen LogP contribution is -2.17. The van der Waals surface area contributed by atoms with Crippen LogP contribution in [0.15, 0.2) is 42.6 Å². The Hall–Kier alpha value is -2.93. The summed E-state index contributed by atoms with van der Waals surface area (Å²) < 4.78 is 11.8. The number of carbonyl (C=O) groups is 1. The van der Waals surface area contributed by atoms with Gasteiger partial charge in [0.1, 0.15) is 12.4 Å². The van der Waals surface area contributed by atoms with E-state index in [2.05, 4.69) is 15.4 Å². The van der Waals surface area contributed by atoms with E-state index in [9.17, 15) is 4.79 Å². The minimum Gasteiger partial charge on any atom is -0.496 e. The smallest absolute Gasteiger partial charge is 0.252 e. The van der Waals surface area contributed by atoms with Crippen molar-refractivity contribution in [3.05, 3.63) is 42.6 Å². The third kappa shape index (κ3) is 3.14. The zero-order chi connectivity index (χ0) is 16.2. The van der Waals surface area contributed by atoms with E-state index >= 15 is 0 Å². The van der Waals surface area contributed by atoms with Gasteiger partial charge in [-0.05, 0) is 18.2 Å². The molecule has 0 atom stereocenters. The molecule has 2 heterocycles. The highest BCUT2D eigenvalue weighted by atomic mass is 16.5. The Morgan fingerprint density at radius 3 is 2.83 bits per heavy atom. The van der Waals surface area contributed by atoms with Crippen molar-refractivity contribution < 1.29 is 14.3 Å². The van der Waals surface area contributed by atoms with Crippen LogP contribution in [-0.4, -0.2) is 41.3 Å². The Morgan fingerprint density at radius 2 is 2.04 bits per heavy atom. The van der Waals surface area contributed by atoms with Gasteiger partial charge in [0.2, 0.25) is 5.95 Å². The second-order valence-corrected chi connectivity index (χ2v) is 4.84. The van der Waals surface area contributed by atoms with Crippen LogP contribution < -0.4 is 10.1 Å². The van der Waals surface area contributed by atoms with Crippen LogP contribution in [0, 0.1) is 0 Å². The number of pyridine rings is 1. The number of fused-ring (bicyclic) bond motifs is 1. The molecule has 0 fully saturated rings. The molecule has 0 aliphatic heterocycles. The number of rotatable bonds is 5. The molecule has 1 aromatic carbocycles. The molecular formula is C16H16N4O3. The normalized spacial score (nSPS) is 10.7. The molecule has 0 aliphatic carbocycles. The summed E-state index contributed by atoms with van der Waals surface area (Å²) in [6, 6.07) is 11.5. The number of methoxy groups -OCH3 is 2. The number of benzene rings is 1. The van der Waals surface area contributed by atoms with E-state index in [4.69, 9.17) is 9.47 Å². The molecule has 2 aromatic heterocycles. The molecule has 0 bridgehead atoms. The summed E-state index contributed by atoms with van der Waals surface area (Å²) in [5.41, 5.74) is 2.53. The van der Waals surface area contributed by atoms with Gasteiger partial charge >= 0.3 is 0 Å². The van der Waals surface area contributed by atoms with E-state index < -0.39 is 0 Å². The summed E-state index contributed by atoms with van der Waals surface area (Å²) in [6.45, 7) is -0.0397. The predicted molar refractivity (Wildman–Crippen MR) is 85.5 cm³/mol. The Morgan fingerprint density at radius 1 is 1.22 bits per heavy atom. The monoisotopic (exact) mass is 312 g/mol. The molecule has 1 amide bonds. The molecule has 118 valence electrons. The van der Waals surface area contributed by atoms with E-state index in [-0.39, 0.29) is 18.5 Å². The molecule has 0 saturated carbocycles. The summed E-state index contributed by atoms with van der Waals surface area (Å²) in [5, 5.41) is 6.84. The van der Waals surface area contributed by atoms with E-state index in [0.717, 1.165) is 16.9 Å². The van der Waals surface area contributed by atoms with Crippen molar-refractivity contribution in [1.29, 1.82) is 0 Å². The fourth-order valence-electron chi connectivity index (χ4n) is 2.27. The lowest BCUT2D eigenvalue weighted by Gasteiger charge is -2.07. The third-order valence-electron chi connectivity index (χ3n) is 3.28. The van der Waals surface area contributed by atoms with Crippen molar-refractivity contribution in [2.24, 2.45) is 0 Å². The summed E-state index contributed by atoms with van der Waals surface area (Å²) in [7, 11) is 3.09. The van der Waals surface area contributed by atoms with Crippen LogP contribution in [0.3, 0.4) is 0 Å². The minimum absolute atomic E-state index is 0.0397. The lowest BCUT2D eigenvalue weighted by atomic mass is 10.1. The maximum absolute atomic E-state index is 11.5. The topological polar surface area (TPSA) is 77.8 Å². The van der Waals surface area contributed by atoms with Gasteiger partial charge in [0.05, 0.1) is 7.11 Å². The molecule has 3 rings (SSSR count). The van der Waals surface area contributed by atoms with Crippen LogP contribution in [0.5, 0.6) is 5.75 Å². The van der Waals surface area contributed by atoms with Gasteiger partial charge in [0.25, 0.3) is 5.91 Å². The Labute approximate surface area is 132 Å². The first kappa shape index (κ1) is 15.0. The van der Waals surface area contributed by atoms with E-state index in [0.29, 0.717) is 5.65 Å². The fraction of sp³-hybridized carbons (Fsp3) is 0.188. The molecule has 0 unspecified atom stereocenters. The van der Waals surface area contributed by atoms with Gasteiger partial charge in [-0.15, -0.1) is 5.10 Å². The van der Waals surface area contributed by atoms with Crippen molar-refractivity contribution in [3.63, 3.8) is 0 Å². The van der Waals surface area contributed by atoms with Crippen molar-refractivity contribution >= 4 is 17.5 Å². The van der Waals surface area contributed by atoms with Crippen LogP contribution in [0.1, 0.15) is 0 Å². The maximum atomic E-state index is 11.5. The minimum atomic E-state index is -0.298. The number of nitrogens with one attached hydrogen (secondary N) is 1. The van der Waals surface area contributed by atoms with E-state index in [1.165, 1.54) is 7.11 Å². The van der Waals surface area contributed by atoms with E-state index in [1.54, 1.807) is 11.6 Å². The van der Waals surface area contributed by atoms with Gasteiger partial charge in [0.15, 0.2) is 5.65 Å². The Kier molecular flexibility index (Phi) is 4.20. The van der Waals surface area contributed by atoms with Crippen molar-refractivity contribution in [2.75, 3.05) is 26.1 Å². The first-order valence-corrected chi connectivity index (χ1v) is 7.00. The SMILES string of the molecule is COCC(=O)Nc1nc2ccc(-c3ccccc3OC)cn2n1. The largest absolute Gasteiger partial charge is 0.496 e. The van der Waals surface area contributed by atoms with Crippen LogP contribution in [0.4, 0.5) is 5.95 Å². The number of para-hydroxylation sites is 1. The number of ether oxygens (including phenoxy) is 2. The average Bonchev–Trinajstić information content (AvgIpc) is 2.96. The van der Waals surface area contributed by atoms with Crippen LogP contribution in [-0.2, 0) is 9.53 Å². The van der Waals surface area contributed by atoms with Crippen LogP contribution in [0.2, 0.25) is 0 Å². The number of hydrogen-bond acceptors (Lipinski definition) is 5. The number of carbonyl (C=O) groups excluding carboxylic acids is 1. The molecule has 7 heteroatoms. The maximum Gasteiger partial charge on any atom is 0.252 e. The lowest BCUT2D eigenvalue weighted by molar-refractivity contribution is -0.119. The van der Waals surface area contributed by atoms with Crippen LogP contribution in [0.25, 0.3) is 16.8 Å². The number of nitrogens with zero attached hydrogens (tertiary/aromatic N) is 3. The van der Waals surface area contributed by atoms with Gasteiger partial charge in [-0.1, -0.05) is 18.2 Å². The molecule has 7 nitrogen and oxygen atoms in total. The van der Waals surface area contributed by atoms with Gasteiger partial charge in [-0.25, -0.2) is 4.52 Å². The first-order valence-electron chi connectivity index (χ1n) is 7.00. The quantitative estimate of drug-likeness (QED) is 0.779. The number of anilines is 1. The summed E-state index contributed by atoms with van der Waals surface area (Å²) >= 11 is 0. The highest BCUT2D eigenvalue weighted by Crippen LogP contribution is 2.29. The van der Waals surface area contributed by atoms with Gasteiger partial charge < -0.3 is 9.47 Å². The fourth-order valence-corrected chi connectivity index (χ4v) is 2.27. The predicted octanol–water partition coefficient (Wildman–Crippen LogP) is 1.99. The Balaban J connectivity index is 1.94. The van der Waals surface area contributed by atoms with Gasteiger partial charge in [0, 0.05) is 24.4 Å². The number of hydrogen-bond donors (Lipinski definition) is 1. The molecule has 0 spiro atoms. The molecule has 1 N–H and O–H groups in total. The number of aromatic nitrogens is 3. The average molecular weight is 312 g/mol. The molecule has 3 aromatic rings. The third-order valence-corrected chi connectivity index (χ3v) is 3.28. The summed E-state index contributed by atoms with van der Waals surface area (Å²) in [6.07, 6.45) is 1.84. The van der Waals surface area contributed by atoms with Crippen LogP contribution >= 0.6 is 0 Å².